The Labute approximate surface area is 298 Å². The minimum absolute atomic E-state index is 0.980. The van der Waals surface area contributed by atoms with E-state index in [0.717, 1.165) is 56.3 Å². The summed E-state index contributed by atoms with van der Waals surface area (Å²) in [6, 6.07) is 60.5. The predicted octanol–water partition coefficient (Wildman–Crippen LogP) is 13.1. The third-order valence-electron chi connectivity index (χ3n) is 9.68. The van der Waals surface area contributed by atoms with Crippen LogP contribution in [0.25, 0.3) is 55.3 Å². The van der Waals surface area contributed by atoms with Crippen LogP contribution < -0.4 is 10.2 Å². The van der Waals surface area contributed by atoms with Crippen molar-refractivity contribution in [3.05, 3.63) is 206 Å². The summed E-state index contributed by atoms with van der Waals surface area (Å²) in [5, 5.41) is 6.07. The van der Waals surface area contributed by atoms with Gasteiger partial charge in [0.05, 0.1) is 16.7 Å². The van der Waals surface area contributed by atoms with Gasteiger partial charge in [0.2, 0.25) is 0 Å². The smallest absolute Gasteiger partial charge is 0.0547 e. The second-order valence-electron chi connectivity index (χ2n) is 12.8. The summed E-state index contributed by atoms with van der Waals surface area (Å²) >= 11 is 0. The molecule has 0 amide bonds. The van der Waals surface area contributed by atoms with Crippen LogP contribution in [-0.2, 0) is 0 Å². The molecule has 0 spiro atoms. The van der Waals surface area contributed by atoms with Crippen molar-refractivity contribution in [1.29, 1.82) is 0 Å². The minimum Gasteiger partial charge on any atom is -0.355 e. The van der Waals surface area contributed by atoms with E-state index in [1.165, 1.54) is 27.4 Å². The van der Waals surface area contributed by atoms with Crippen LogP contribution >= 0.6 is 0 Å². The molecule has 8 aromatic rings. The van der Waals surface area contributed by atoms with Gasteiger partial charge in [-0.1, -0.05) is 116 Å². The molecule has 242 valence electrons. The molecule has 9 rings (SSSR count). The quantitative estimate of drug-likeness (QED) is 0.193. The Balaban J connectivity index is 1.19. The fourth-order valence-electron chi connectivity index (χ4n) is 7.22. The first kappa shape index (κ1) is 30.2. The van der Waals surface area contributed by atoms with E-state index < -0.39 is 0 Å². The number of nitrogens with one attached hydrogen (secondary N) is 1. The zero-order valence-electron chi connectivity index (χ0n) is 28.1. The number of hydrogen-bond donors (Lipinski definition) is 1. The lowest BCUT2D eigenvalue weighted by molar-refractivity contribution is 1.18. The number of allylic oxidation sites excluding steroid dienone is 4. The zero-order chi connectivity index (χ0) is 34.1. The van der Waals surface area contributed by atoms with Crippen molar-refractivity contribution in [3.63, 3.8) is 0 Å². The normalized spacial score (nSPS) is 13.8. The van der Waals surface area contributed by atoms with Crippen molar-refractivity contribution in [1.82, 2.24) is 4.57 Å². The van der Waals surface area contributed by atoms with Gasteiger partial charge in [-0.3, -0.25) is 0 Å². The highest BCUT2D eigenvalue weighted by Crippen LogP contribution is 2.41. The molecule has 3 nitrogen and oxygen atoms in total. The summed E-state index contributed by atoms with van der Waals surface area (Å²) in [5.74, 6) is 0. The highest BCUT2D eigenvalue weighted by molar-refractivity contribution is 6.11. The number of benzene rings is 7. The molecule has 0 atom stereocenters. The summed E-state index contributed by atoms with van der Waals surface area (Å²) in [6.07, 6.45) is 8.33. The molecule has 1 aliphatic heterocycles. The second-order valence-corrected chi connectivity index (χ2v) is 12.8. The van der Waals surface area contributed by atoms with Gasteiger partial charge >= 0.3 is 0 Å². The van der Waals surface area contributed by atoms with E-state index in [9.17, 15) is 0 Å². The summed E-state index contributed by atoms with van der Waals surface area (Å²) in [7, 11) is 0. The highest BCUT2D eigenvalue weighted by Gasteiger charge is 2.18. The number of hydrogen-bond acceptors (Lipinski definition) is 2. The van der Waals surface area contributed by atoms with E-state index in [2.05, 4.69) is 204 Å². The number of nitrogens with zero attached hydrogens (tertiary/aromatic N) is 2. The Kier molecular flexibility index (Phi) is 7.64. The fourth-order valence-corrected chi connectivity index (χ4v) is 7.22. The highest BCUT2D eigenvalue weighted by atomic mass is 15.1. The summed E-state index contributed by atoms with van der Waals surface area (Å²) in [6.45, 7) is 4.46. The number of anilines is 4. The maximum atomic E-state index is 4.46. The molecular weight excluding hydrogens is 619 g/mol. The molecule has 1 aliphatic rings. The van der Waals surface area contributed by atoms with Gasteiger partial charge in [-0.25, -0.2) is 0 Å². The van der Waals surface area contributed by atoms with Crippen LogP contribution in [0.2, 0.25) is 0 Å². The molecule has 3 heteroatoms. The van der Waals surface area contributed by atoms with Gasteiger partial charge in [0, 0.05) is 50.8 Å². The molecule has 0 fully saturated rings. The largest absolute Gasteiger partial charge is 0.355 e. The zero-order valence-corrected chi connectivity index (χ0v) is 28.1. The molecule has 2 heterocycles. The average molecular weight is 654 g/mol. The van der Waals surface area contributed by atoms with E-state index in [1.807, 2.05) is 12.1 Å². The Bertz CT molecular complexity index is 2610. The average Bonchev–Trinajstić information content (AvgIpc) is 3.51. The van der Waals surface area contributed by atoms with Crippen LogP contribution in [0.4, 0.5) is 22.7 Å². The van der Waals surface area contributed by atoms with Gasteiger partial charge in [-0.15, -0.1) is 0 Å². The monoisotopic (exact) mass is 653 g/mol. The summed E-state index contributed by atoms with van der Waals surface area (Å²) in [4.78, 5) is 2.23. The van der Waals surface area contributed by atoms with E-state index in [-0.39, 0.29) is 0 Å². The first-order valence-corrected chi connectivity index (χ1v) is 17.3. The molecular formula is C48H35N3. The van der Waals surface area contributed by atoms with Crippen LogP contribution in [0.15, 0.2) is 201 Å². The first-order chi connectivity index (χ1) is 25.2. The number of para-hydroxylation sites is 4. The number of aromatic nitrogens is 1. The summed E-state index contributed by atoms with van der Waals surface area (Å²) < 4.78 is 2.39. The number of fused-ring (bicyclic) bond motifs is 4. The molecule has 0 saturated heterocycles. The lowest BCUT2D eigenvalue weighted by Crippen LogP contribution is -2.11. The van der Waals surface area contributed by atoms with Crippen molar-refractivity contribution in [3.8, 4) is 27.9 Å². The molecule has 0 radical (unpaired) electrons. The van der Waals surface area contributed by atoms with E-state index in [1.54, 1.807) is 0 Å². The van der Waals surface area contributed by atoms with Crippen molar-refractivity contribution < 1.29 is 0 Å². The minimum atomic E-state index is 0.980. The predicted molar refractivity (Wildman–Crippen MR) is 217 cm³/mol. The Morgan fingerprint density at radius 2 is 1.14 bits per heavy atom. The van der Waals surface area contributed by atoms with Crippen LogP contribution in [0.5, 0.6) is 0 Å². The lowest BCUT2D eigenvalue weighted by Gasteiger charge is -2.25. The van der Waals surface area contributed by atoms with Crippen molar-refractivity contribution in [2.45, 2.75) is 0 Å². The van der Waals surface area contributed by atoms with Crippen LogP contribution in [0.3, 0.4) is 0 Å². The van der Waals surface area contributed by atoms with Crippen molar-refractivity contribution >= 4 is 50.1 Å². The van der Waals surface area contributed by atoms with Gasteiger partial charge in [0.1, 0.15) is 0 Å². The standard InChI is InChI=1S/C48H35N3/c1-34-15-13-14-30-50(39-18-7-3-8-19-39)46-28-25-35(31-43(34)46)36-26-29-47-44(32-36)42-27-24-37(33-48(42)51(47)40-20-9-4-10-21-40)41-22-11-12-23-45(41)49-38-16-5-2-6-17-38/h2-33,49H,1H2/b15-13-,30-14-. The Hall–Kier alpha value is -6.84. The second kappa shape index (κ2) is 12.9. The van der Waals surface area contributed by atoms with Gasteiger partial charge < -0.3 is 14.8 Å². The van der Waals surface area contributed by atoms with Crippen LogP contribution in [0.1, 0.15) is 5.56 Å². The Morgan fingerprint density at radius 1 is 0.471 bits per heavy atom. The third kappa shape index (κ3) is 5.61. The molecule has 51 heavy (non-hydrogen) atoms. The maximum Gasteiger partial charge on any atom is 0.0547 e. The lowest BCUT2D eigenvalue weighted by atomic mass is 9.95. The maximum absolute atomic E-state index is 4.46. The molecule has 7 aromatic carbocycles. The molecule has 0 bridgehead atoms. The summed E-state index contributed by atoms with van der Waals surface area (Å²) in [5.41, 5.74) is 14.6. The van der Waals surface area contributed by atoms with E-state index in [4.69, 9.17) is 0 Å². The van der Waals surface area contributed by atoms with Gasteiger partial charge in [0.25, 0.3) is 0 Å². The molecule has 0 aliphatic carbocycles. The molecule has 0 saturated carbocycles. The van der Waals surface area contributed by atoms with E-state index in [0.29, 0.717) is 0 Å². The van der Waals surface area contributed by atoms with E-state index >= 15 is 0 Å². The van der Waals surface area contributed by atoms with Gasteiger partial charge in [0.15, 0.2) is 0 Å². The number of rotatable bonds is 6. The van der Waals surface area contributed by atoms with Crippen LogP contribution in [-0.4, -0.2) is 4.57 Å². The fraction of sp³-hybridized carbons (Fsp3) is 0. The molecule has 1 aromatic heterocycles. The van der Waals surface area contributed by atoms with Crippen molar-refractivity contribution in [2.75, 3.05) is 10.2 Å². The van der Waals surface area contributed by atoms with Crippen molar-refractivity contribution in [2.24, 2.45) is 0 Å². The van der Waals surface area contributed by atoms with Crippen LogP contribution in [0, 0.1) is 0 Å². The van der Waals surface area contributed by atoms with Gasteiger partial charge in [-0.05, 0) is 101 Å². The Morgan fingerprint density at radius 3 is 1.94 bits per heavy atom. The third-order valence-corrected chi connectivity index (χ3v) is 9.68. The topological polar surface area (TPSA) is 20.2 Å². The first-order valence-electron chi connectivity index (χ1n) is 17.3. The molecule has 1 N–H and O–H groups in total. The van der Waals surface area contributed by atoms with Gasteiger partial charge in [-0.2, -0.15) is 0 Å². The SMILES string of the molecule is C=C1/C=C\C=C/N(c2ccccc2)c2ccc(-c3ccc4c(c3)c3ccc(-c5ccccc5Nc5ccccc5)cc3n4-c3ccccc3)cc21. The molecule has 0 unspecified atom stereocenters.